The second-order valence-electron chi connectivity index (χ2n) is 8.14. The number of nitrogens with zero attached hydrogens (tertiary/aromatic N) is 3. The van der Waals surface area contributed by atoms with Gasteiger partial charge in [-0.2, -0.15) is 0 Å². The minimum Gasteiger partial charge on any atom is -0.453 e. The fraction of sp³-hybridized carbons (Fsp3) is 0.636. The number of anilines is 1. The molecule has 2 saturated heterocycles. The van der Waals surface area contributed by atoms with E-state index in [9.17, 15) is 4.79 Å². The minimum atomic E-state index is -0.242. The number of ether oxygens (including phenoxy) is 1. The van der Waals surface area contributed by atoms with Gasteiger partial charge in [0.05, 0.1) is 7.11 Å². The van der Waals surface area contributed by atoms with Crippen molar-refractivity contribution in [2.45, 2.75) is 45.2 Å². The summed E-state index contributed by atoms with van der Waals surface area (Å²) in [6, 6.07) is 9.16. The second kappa shape index (κ2) is 12.2. The van der Waals surface area contributed by atoms with Crippen LogP contribution in [0.2, 0.25) is 0 Å². The summed E-state index contributed by atoms with van der Waals surface area (Å²) < 4.78 is 4.79. The molecule has 2 aliphatic heterocycles. The van der Waals surface area contributed by atoms with Crippen molar-refractivity contribution in [3.8, 4) is 0 Å². The molecule has 3 rings (SSSR count). The number of rotatable bonds is 4. The van der Waals surface area contributed by atoms with E-state index >= 15 is 0 Å². The van der Waals surface area contributed by atoms with Crippen LogP contribution in [0.25, 0.3) is 0 Å². The molecular formula is C22H36IN5O2. The van der Waals surface area contributed by atoms with Crippen LogP contribution in [0.1, 0.15) is 38.2 Å². The molecule has 0 aromatic heterocycles. The van der Waals surface area contributed by atoms with Gasteiger partial charge in [0.15, 0.2) is 5.96 Å². The maximum Gasteiger partial charge on any atom is 0.409 e. The van der Waals surface area contributed by atoms with E-state index in [2.05, 4.69) is 51.7 Å². The third-order valence-corrected chi connectivity index (χ3v) is 6.04. The number of carbonyl (C=O) groups is 1. The fourth-order valence-electron chi connectivity index (χ4n) is 4.00. The number of nitrogens with one attached hydrogen (secondary N) is 2. The lowest BCUT2D eigenvalue weighted by Gasteiger charge is -2.32. The number of guanidine groups is 1. The Hall–Kier alpha value is -1.71. The van der Waals surface area contributed by atoms with Crippen molar-refractivity contribution < 1.29 is 9.53 Å². The highest BCUT2D eigenvalue weighted by atomic mass is 127. The molecule has 7 nitrogen and oxygen atoms in total. The molecule has 2 fully saturated rings. The Labute approximate surface area is 197 Å². The molecule has 0 aliphatic carbocycles. The van der Waals surface area contributed by atoms with Crippen LogP contribution in [0, 0.1) is 5.92 Å². The second-order valence-corrected chi connectivity index (χ2v) is 8.14. The van der Waals surface area contributed by atoms with Crippen molar-refractivity contribution in [1.29, 1.82) is 0 Å². The number of halogens is 1. The van der Waals surface area contributed by atoms with Crippen molar-refractivity contribution >= 4 is 41.7 Å². The molecular weight excluding hydrogens is 493 g/mol. The van der Waals surface area contributed by atoms with E-state index in [1.165, 1.54) is 31.2 Å². The number of carbonyl (C=O) groups excluding carboxylic acids is 1. The Morgan fingerprint density at radius 2 is 1.73 bits per heavy atom. The summed E-state index contributed by atoms with van der Waals surface area (Å²) in [4.78, 5) is 20.2. The van der Waals surface area contributed by atoms with Crippen LogP contribution in [0.15, 0.2) is 29.3 Å². The third-order valence-electron chi connectivity index (χ3n) is 6.04. The smallest absolute Gasteiger partial charge is 0.409 e. The molecule has 2 heterocycles. The number of amides is 1. The van der Waals surface area contributed by atoms with Gasteiger partial charge in [0.25, 0.3) is 0 Å². The number of benzene rings is 1. The standard InChI is InChI=1S/C22H35N5O2.HI/c1-17-8-12-26(13-9-17)20-6-4-18(5-7-20)16-24-21(23-2)25-19-10-14-27(15-11-19)22(28)29-3;/h4-7,17,19H,8-16H2,1-3H3,(H2,23,24,25);1H. The van der Waals surface area contributed by atoms with E-state index in [0.29, 0.717) is 19.1 Å². The molecule has 8 heteroatoms. The van der Waals surface area contributed by atoms with Crippen LogP contribution in [0.4, 0.5) is 10.5 Å². The molecule has 0 bridgehead atoms. The van der Waals surface area contributed by atoms with Gasteiger partial charge in [0.1, 0.15) is 0 Å². The van der Waals surface area contributed by atoms with Gasteiger partial charge in [0, 0.05) is 51.5 Å². The maximum atomic E-state index is 11.6. The predicted molar refractivity (Wildman–Crippen MR) is 133 cm³/mol. The van der Waals surface area contributed by atoms with Crippen LogP contribution in [-0.2, 0) is 11.3 Å². The van der Waals surface area contributed by atoms with Crippen LogP contribution >= 0.6 is 24.0 Å². The van der Waals surface area contributed by atoms with Crippen molar-refractivity contribution in [1.82, 2.24) is 15.5 Å². The normalized spacial score (nSPS) is 18.6. The number of methoxy groups -OCH3 is 1. The molecule has 168 valence electrons. The van der Waals surface area contributed by atoms with Gasteiger partial charge in [-0.15, -0.1) is 24.0 Å². The van der Waals surface area contributed by atoms with Gasteiger partial charge >= 0.3 is 6.09 Å². The Morgan fingerprint density at radius 3 is 2.30 bits per heavy atom. The van der Waals surface area contributed by atoms with Gasteiger partial charge < -0.3 is 25.2 Å². The zero-order valence-corrected chi connectivity index (χ0v) is 20.7. The molecule has 0 saturated carbocycles. The van der Waals surface area contributed by atoms with Gasteiger partial charge in [0.2, 0.25) is 0 Å². The zero-order valence-electron chi connectivity index (χ0n) is 18.4. The highest BCUT2D eigenvalue weighted by Gasteiger charge is 2.23. The molecule has 0 atom stereocenters. The van der Waals surface area contributed by atoms with Crippen LogP contribution in [0.3, 0.4) is 0 Å². The molecule has 1 aromatic rings. The molecule has 2 aliphatic rings. The van der Waals surface area contributed by atoms with Crippen LogP contribution in [0.5, 0.6) is 0 Å². The Balaban J connectivity index is 0.00000320. The van der Waals surface area contributed by atoms with E-state index in [0.717, 1.165) is 44.4 Å². The first kappa shape index (κ1) is 24.6. The lowest BCUT2D eigenvalue weighted by atomic mass is 9.99. The molecule has 0 spiro atoms. The number of hydrogen-bond donors (Lipinski definition) is 2. The van der Waals surface area contributed by atoms with Crippen molar-refractivity contribution in [2.75, 3.05) is 45.2 Å². The SMILES string of the molecule is CN=C(NCc1ccc(N2CCC(C)CC2)cc1)NC1CCN(C(=O)OC)CC1.I. The van der Waals surface area contributed by atoms with Gasteiger partial charge in [-0.25, -0.2) is 4.79 Å². The fourth-order valence-corrected chi connectivity index (χ4v) is 4.00. The van der Waals surface area contributed by atoms with E-state index in [4.69, 9.17) is 4.74 Å². The number of hydrogen-bond acceptors (Lipinski definition) is 4. The van der Waals surface area contributed by atoms with Crippen molar-refractivity contribution in [3.63, 3.8) is 0 Å². The summed E-state index contributed by atoms with van der Waals surface area (Å²) in [7, 11) is 3.22. The highest BCUT2D eigenvalue weighted by Crippen LogP contribution is 2.23. The average molecular weight is 529 g/mol. The number of piperidine rings is 2. The first-order valence-corrected chi connectivity index (χ1v) is 10.7. The first-order valence-electron chi connectivity index (χ1n) is 10.7. The van der Waals surface area contributed by atoms with E-state index in [1.54, 1.807) is 11.9 Å². The first-order chi connectivity index (χ1) is 14.1. The summed E-state index contributed by atoms with van der Waals surface area (Å²) in [6.45, 7) is 6.80. The number of aliphatic imine (C=N–C) groups is 1. The lowest BCUT2D eigenvalue weighted by Crippen LogP contribution is -2.49. The van der Waals surface area contributed by atoms with Crippen molar-refractivity contribution in [3.05, 3.63) is 29.8 Å². The van der Waals surface area contributed by atoms with E-state index < -0.39 is 0 Å². The summed E-state index contributed by atoms with van der Waals surface area (Å²) in [5.74, 6) is 1.65. The molecule has 0 radical (unpaired) electrons. The van der Waals surface area contributed by atoms with Crippen LogP contribution < -0.4 is 15.5 Å². The zero-order chi connectivity index (χ0) is 20.6. The van der Waals surface area contributed by atoms with Crippen LogP contribution in [-0.4, -0.2) is 63.3 Å². The van der Waals surface area contributed by atoms with Gasteiger partial charge in [-0.3, -0.25) is 4.99 Å². The lowest BCUT2D eigenvalue weighted by molar-refractivity contribution is 0.111. The van der Waals surface area contributed by atoms with Gasteiger partial charge in [-0.05, 0) is 49.3 Å². The molecule has 2 N–H and O–H groups in total. The van der Waals surface area contributed by atoms with Gasteiger partial charge in [-0.1, -0.05) is 19.1 Å². The average Bonchev–Trinajstić information content (AvgIpc) is 2.77. The molecule has 1 aromatic carbocycles. The summed E-state index contributed by atoms with van der Waals surface area (Å²) in [5, 5.41) is 6.88. The number of likely N-dealkylation sites (tertiary alicyclic amines) is 1. The largest absolute Gasteiger partial charge is 0.453 e. The molecule has 1 amide bonds. The molecule has 30 heavy (non-hydrogen) atoms. The topological polar surface area (TPSA) is 69.2 Å². The highest BCUT2D eigenvalue weighted by molar-refractivity contribution is 14.0. The summed E-state index contributed by atoms with van der Waals surface area (Å²) >= 11 is 0. The molecule has 0 unspecified atom stereocenters. The predicted octanol–water partition coefficient (Wildman–Crippen LogP) is 3.44. The Kier molecular flexibility index (Phi) is 10.0. The van der Waals surface area contributed by atoms with E-state index in [-0.39, 0.29) is 30.1 Å². The minimum absolute atomic E-state index is 0. The van der Waals surface area contributed by atoms with E-state index in [1.807, 2.05) is 0 Å². The quantitative estimate of drug-likeness (QED) is 0.356. The Bertz CT molecular complexity index is 681. The third kappa shape index (κ3) is 6.92. The Morgan fingerprint density at radius 1 is 1.10 bits per heavy atom. The van der Waals surface area contributed by atoms with Crippen molar-refractivity contribution in [2.24, 2.45) is 10.9 Å². The summed E-state index contributed by atoms with van der Waals surface area (Å²) in [6.07, 6.45) is 4.10. The maximum absolute atomic E-state index is 11.6. The summed E-state index contributed by atoms with van der Waals surface area (Å²) in [5.41, 5.74) is 2.56. The monoisotopic (exact) mass is 529 g/mol.